The minimum Gasteiger partial charge on any atom is -0.498 e. The maximum absolute atomic E-state index is 11.6. The molecule has 0 bridgehead atoms. The third-order valence-electron chi connectivity index (χ3n) is 7.72. The number of carbonyl (C=O) groups is 2. The number of benzene rings is 1. The number of allylic oxidation sites excluding steroid dienone is 3. The van der Waals surface area contributed by atoms with E-state index in [1.165, 1.54) is 56.8 Å². The number of carboxylic acid groups (broad SMARTS) is 1. The smallest absolute Gasteiger partial charge is 0.335 e. The summed E-state index contributed by atoms with van der Waals surface area (Å²) in [6, 6.07) is 7.13. The van der Waals surface area contributed by atoms with E-state index in [2.05, 4.69) is 24.9 Å². The van der Waals surface area contributed by atoms with Crippen molar-refractivity contribution in [3.8, 4) is 0 Å². The Morgan fingerprint density at radius 1 is 1.11 bits per heavy atom. The molecule has 2 aliphatic carbocycles. The Morgan fingerprint density at radius 3 is 2.19 bits per heavy atom. The molecule has 1 atom stereocenters. The molecule has 0 saturated heterocycles. The second kappa shape index (κ2) is 18.0. The lowest BCUT2D eigenvalue weighted by atomic mass is 9.77. The van der Waals surface area contributed by atoms with Gasteiger partial charge >= 0.3 is 5.97 Å². The third kappa shape index (κ3) is 10.9. The Balaban J connectivity index is 0.000000389. The van der Waals surface area contributed by atoms with Crippen molar-refractivity contribution in [2.45, 2.75) is 104 Å². The SMILES string of the molecule is C=C(CC/C(=C\C)C1(C=O)CCCC1)OCC1CCCCC1.CC.CNC(C)c1ccc(C(=O)O)cc1. The van der Waals surface area contributed by atoms with E-state index >= 15 is 0 Å². The number of hydrogen-bond donors (Lipinski definition) is 2. The highest BCUT2D eigenvalue weighted by Gasteiger charge is 2.36. The van der Waals surface area contributed by atoms with Crippen LogP contribution in [-0.4, -0.2) is 31.0 Å². The quantitative estimate of drug-likeness (QED) is 0.177. The molecule has 208 valence electrons. The predicted molar refractivity (Wildman–Crippen MR) is 154 cm³/mol. The monoisotopic (exact) mass is 513 g/mol. The van der Waals surface area contributed by atoms with Crippen LogP contribution in [0.2, 0.25) is 0 Å². The van der Waals surface area contributed by atoms with Crippen LogP contribution in [0.15, 0.2) is 48.3 Å². The van der Waals surface area contributed by atoms with Crippen molar-refractivity contribution in [1.29, 1.82) is 0 Å². The number of hydrogen-bond acceptors (Lipinski definition) is 4. The first-order valence-electron chi connectivity index (χ1n) is 14.3. The first-order chi connectivity index (χ1) is 17.8. The van der Waals surface area contributed by atoms with Crippen LogP contribution in [0.3, 0.4) is 0 Å². The number of rotatable bonds is 11. The zero-order valence-electron chi connectivity index (χ0n) is 24.0. The highest BCUT2D eigenvalue weighted by molar-refractivity contribution is 5.87. The Morgan fingerprint density at radius 2 is 1.70 bits per heavy atom. The molecule has 1 aromatic rings. The first kappa shape index (κ1) is 32.6. The Hall–Kier alpha value is -2.40. The van der Waals surface area contributed by atoms with Gasteiger partial charge in [0.25, 0.3) is 0 Å². The van der Waals surface area contributed by atoms with Crippen molar-refractivity contribution in [1.82, 2.24) is 5.32 Å². The molecule has 3 rings (SSSR count). The summed E-state index contributed by atoms with van der Waals surface area (Å²) < 4.78 is 5.90. The second-order valence-corrected chi connectivity index (χ2v) is 10.1. The van der Waals surface area contributed by atoms with Gasteiger partial charge in [0.15, 0.2) is 0 Å². The molecule has 5 nitrogen and oxygen atoms in total. The number of carboxylic acids is 1. The first-order valence-corrected chi connectivity index (χ1v) is 14.3. The maximum atomic E-state index is 11.6. The van der Waals surface area contributed by atoms with Crippen LogP contribution in [0, 0.1) is 11.3 Å². The van der Waals surface area contributed by atoms with Crippen LogP contribution in [0.4, 0.5) is 0 Å². The molecule has 2 fully saturated rings. The molecule has 2 aliphatic rings. The molecule has 0 heterocycles. The van der Waals surface area contributed by atoms with Crippen molar-refractivity contribution in [3.05, 3.63) is 59.4 Å². The molecule has 2 N–H and O–H groups in total. The lowest BCUT2D eigenvalue weighted by Gasteiger charge is -2.26. The predicted octanol–water partition coefficient (Wildman–Crippen LogP) is 8.27. The number of ether oxygens (including phenoxy) is 1. The van der Waals surface area contributed by atoms with Crippen LogP contribution in [-0.2, 0) is 9.53 Å². The van der Waals surface area contributed by atoms with E-state index in [1.807, 2.05) is 40.0 Å². The number of nitrogens with one attached hydrogen (secondary N) is 1. The topological polar surface area (TPSA) is 75.6 Å². The number of aromatic carboxylic acids is 1. The zero-order chi connectivity index (χ0) is 27.7. The van der Waals surface area contributed by atoms with Crippen LogP contribution < -0.4 is 5.32 Å². The van der Waals surface area contributed by atoms with Gasteiger partial charge in [-0.2, -0.15) is 0 Å². The molecule has 0 amide bonds. The molecular weight excluding hydrogens is 462 g/mol. The Kier molecular flexibility index (Phi) is 15.8. The lowest BCUT2D eigenvalue weighted by Crippen LogP contribution is -2.21. The molecule has 1 aromatic carbocycles. The summed E-state index contributed by atoms with van der Waals surface area (Å²) in [4.78, 5) is 22.1. The summed E-state index contributed by atoms with van der Waals surface area (Å²) >= 11 is 0. The summed E-state index contributed by atoms with van der Waals surface area (Å²) in [5, 5.41) is 11.7. The molecule has 5 heteroatoms. The Bertz CT molecular complexity index is 831. The van der Waals surface area contributed by atoms with E-state index in [4.69, 9.17) is 9.84 Å². The van der Waals surface area contributed by atoms with Crippen LogP contribution >= 0.6 is 0 Å². The van der Waals surface area contributed by atoms with Gasteiger partial charge in [-0.25, -0.2) is 4.79 Å². The highest BCUT2D eigenvalue weighted by Crippen LogP contribution is 2.44. The summed E-state index contributed by atoms with van der Waals surface area (Å²) in [6.07, 6.45) is 16.2. The lowest BCUT2D eigenvalue weighted by molar-refractivity contribution is -0.114. The van der Waals surface area contributed by atoms with E-state index in [-0.39, 0.29) is 11.5 Å². The van der Waals surface area contributed by atoms with E-state index in [9.17, 15) is 9.59 Å². The van der Waals surface area contributed by atoms with Crippen LogP contribution in [0.5, 0.6) is 0 Å². The van der Waals surface area contributed by atoms with Gasteiger partial charge < -0.3 is 20.0 Å². The van der Waals surface area contributed by atoms with Crippen molar-refractivity contribution >= 4 is 12.3 Å². The molecule has 0 radical (unpaired) electrons. The second-order valence-electron chi connectivity index (χ2n) is 10.1. The molecule has 37 heavy (non-hydrogen) atoms. The van der Waals surface area contributed by atoms with Gasteiger partial charge in [0, 0.05) is 17.9 Å². The van der Waals surface area contributed by atoms with E-state index in [1.54, 1.807) is 12.1 Å². The fraction of sp³-hybridized carbons (Fsp3) is 0.625. The van der Waals surface area contributed by atoms with E-state index in [0.717, 1.165) is 49.5 Å². The van der Waals surface area contributed by atoms with Gasteiger partial charge in [0.05, 0.1) is 17.9 Å². The van der Waals surface area contributed by atoms with Crippen molar-refractivity contribution < 1.29 is 19.4 Å². The molecular formula is C32H51NO4. The van der Waals surface area contributed by atoms with Crippen LogP contribution in [0.25, 0.3) is 0 Å². The fourth-order valence-electron chi connectivity index (χ4n) is 5.22. The standard InChI is InChI=1S/C20H32O2.C10H13NO2.C2H6/c1-3-19(20(16-21)13-7-8-14-20)12-11-17(2)22-15-18-9-5-4-6-10-18;1-7(11-2)8-3-5-9(6-4-8)10(12)13;1-2/h3,16,18H,2,4-15H2,1H3;3-7,11H,1-2H3,(H,12,13);1-2H3/b19-3+;;. The number of aldehydes is 1. The van der Waals surface area contributed by atoms with Gasteiger partial charge in [-0.05, 0) is 76.6 Å². The molecule has 2 saturated carbocycles. The van der Waals surface area contributed by atoms with Crippen molar-refractivity contribution in [2.24, 2.45) is 11.3 Å². The molecule has 0 aliphatic heterocycles. The highest BCUT2D eigenvalue weighted by atomic mass is 16.5. The molecule has 1 unspecified atom stereocenters. The average molecular weight is 514 g/mol. The van der Waals surface area contributed by atoms with Crippen molar-refractivity contribution in [3.63, 3.8) is 0 Å². The largest absolute Gasteiger partial charge is 0.498 e. The number of carbonyl (C=O) groups excluding carboxylic acids is 1. The molecule has 0 spiro atoms. The van der Waals surface area contributed by atoms with Gasteiger partial charge in [-0.1, -0.05) is 76.3 Å². The summed E-state index contributed by atoms with van der Waals surface area (Å²) in [6.45, 7) is 13.0. The normalized spacial score (nSPS) is 17.9. The third-order valence-corrected chi connectivity index (χ3v) is 7.72. The van der Waals surface area contributed by atoms with Gasteiger partial charge in [0.1, 0.15) is 6.29 Å². The minimum absolute atomic E-state index is 0.182. The van der Waals surface area contributed by atoms with Crippen molar-refractivity contribution in [2.75, 3.05) is 13.7 Å². The summed E-state index contributed by atoms with van der Waals surface area (Å²) in [5.74, 6) is 0.732. The molecule has 0 aromatic heterocycles. The summed E-state index contributed by atoms with van der Waals surface area (Å²) in [5.41, 5.74) is 2.53. The van der Waals surface area contributed by atoms with E-state index in [0.29, 0.717) is 5.56 Å². The van der Waals surface area contributed by atoms with Gasteiger partial charge in [-0.15, -0.1) is 0 Å². The van der Waals surface area contributed by atoms with Gasteiger partial charge in [-0.3, -0.25) is 0 Å². The fourth-order valence-corrected chi connectivity index (χ4v) is 5.22. The van der Waals surface area contributed by atoms with Crippen LogP contribution in [0.1, 0.15) is 120 Å². The average Bonchev–Trinajstić information content (AvgIpc) is 3.44. The summed E-state index contributed by atoms with van der Waals surface area (Å²) in [7, 11) is 1.87. The Labute approximate surface area is 225 Å². The maximum Gasteiger partial charge on any atom is 0.335 e. The zero-order valence-corrected chi connectivity index (χ0v) is 24.0. The minimum atomic E-state index is -0.885. The van der Waals surface area contributed by atoms with Gasteiger partial charge in [0.2, 0.25) is 0 Å². The van der Waals surface area contributed by atoms with E-state index < -0.39 is 5.97 Å².